The molecule has 1 heterocycles. The second kappa shape index (κ2) is 23.3. The molecule has 2 aromatic rings. The summed E-state index contributed by atoms with van der Waals surface area (Å²) in [4.78, 5) is 94.0. The van der Waals surface area contributed by atoms with Crippen LogP contribution in [-0.4, -0.2) is 133 Å². The first-order chi connectivity index (χ1) is 29.2. The number of nitrogens with zero attached hydrogens (tertiary/aromatic N) is 3. The molecule has 10 N–H and O–H groups in total. The first kappa shape index (κ1) is 50.4. The Balaban J connectivity index is 1.77. The number of nitrogens with one attached hydrogen (secondary N) is 4. The van der Waals surface area contributed by atoms with Gasteiger partial charge < -0.3 is 51.5 Å². The number of aliphatic hydroxyl groups excluding tert-OH is 1. The molecular formula is C42H61N7O13. The Morgan fingerprint density at radius 1 is 0.839 bits per heavy atom. The Morgan fingerprint density at radius 3 is 2.10 bits per heavy atom. The van der Waals surface area contributed by atoms with Crippen molar-refractivity contribution in [3.8, 4) is 22.6 Å². The van der Waals surface area contributed by atoms with Crippen LogP contribution >= 0.6 is 0 Å². The van der Waals surface area contributed by atoms with Crippen molar-refractivity contribution in [1.29, 1.82) is 0 Å². The van der Waals surface area contributed by atoms with Gasteiger partial charge in [0.25, 0.3) is 0 Å². The number of benzene rings is 2. The Labute approximate surface area is 360 Å². The van der Waals surface area contributed by atoms with Crippen LogP contribution in [0.5, 0.6) is 11.5 Å². The van der Waals surface area contributed by atoms with E-state index in [4.69, 9.17) is 0 Å². The summed E-state index contributed by atoms with van der Waals surface area (Å²) in [7, 11) is 2.60. The predicted molar refractivity (Wildman–Crippen MR) is 224 cm³/mol. The van der Waals surface area contributed by atoms with Crippen molar-refractivity contribution in [2.75, 3.05) is 32.5 Å². The van der Waals surface area contributed by atoms with Crippen molar-refractivity contribution in [3.05, 3.63) is 41.5 Å². The fraction of sp³-hybridized carbons (Fsp3) is 0.548. The number of rotatable bonds is 19. The SMILES string of the molecule is CC(C)CCCCCCCCC(=O)N(C)C(CO)C(=O)NC(C)C(=O)NCC(=O)N(C)C1C(=O)NC(C)C(=O)NC(C(=O)O)Cc2cc(c(O)c(N(O)O)c2)-c2cc1ccc2O. The molecular weight excluding hydrogens is 810 g/mol. The Kier molecular flexibility index (Phi) is 18.9. The largest absolute Gasteiger partial charge is 0.507 e. The fourth-order valence-corrected chi connectivity index (χ4v) is 6.96. The van der Waals surface area contributed by atoms with Crippen LogP contribution in [0, 0.1) is 5.92 Å². The van der Waals surface area contributed by atoms with Gasteiger partial charge in [-0.25, -0.2) is 4.79 Å². The summed E-state index contributed by atoms with van der Waals surface area (Å²) in [5, 5.41) is 70.7. The van der Waals surface area contributed by atoms with Gasteiger partial charge >= 0.3 is 5.97 Å². The molecule has 5 unspecified atom stereocenters. The highest BCUT2D eigenvalue weighted by Crippen LogP contribution is 2.43. The van der Waals surface area contributed by atoms with Gasteiger partial charge in [-0.3, -0.25) is 39.2 Å². The molecule has 3 rings (SSSR count). The van der Waals surface area contributed by atoms with E-state index in [1.165, 1.54) is 59.0 Å². The molecule has 2 aromatic carbocycles. The van der Waals surface area contributed by atoms with E-state index < -0.39 is 108 Å². The molecule has 20 nitrogen and oxygen atoms in total. The number of aromatic hydroxyl groups is 2. The van der Waals surface area contributed by atoms with E-state index >= 15 is 0 Å². The lowest BCUT2D eigenvalue weighted by molar-refractivity contribution is -0.143. The lowest BCUT2D eigenvalue weighted by atomic mass is 9.93. The summed E-state index contributed by atoms with van der Waals surface area (Å²) in [5.74, 6) is -6.75. The Hall–Kier alpha value is -5.99. The maximum absolute atomic E-state index is 13.9. The van der Waals surface area contributed by atoms with E-state index in [1.807, 2.05) is 0 Å². The second-order valence-electron chi connectivity index (χ2n) is 16.0. The summed E-state index contributed by atoms with van der Waals surface area (Å²) in [6.45, 7) is 5.55. The molecule has 0 saturated carbocycles. The number of carbonyl (C=O) groups is 7. The van der Waals surface area contributed by atoms with E-state index in [0.29, 0.717) is 12.3 Å². The smallest absolute Gasteiger partial charge is 0.326 e. The summed E-state index contributed by atoms with van der Waals surface area (Å²) in [5.41, 5.74) is -0.919. The van der Waals surface area contributed by atoms with Gasteiger partial charge in [-0.1, -0.05) is 58.4 Å². The van der Waals surface area contributed by atoms with Crippen LogP contribution in [0.2, 0.25) is 0 Å². The van der Waals surface area contributed by atoms with Crippen molar-refractivity contribution in [2.24, 2.45) is 5.92 Å². The van der Waals surface area contributed by atoms with Crippen molar-refractivity contribution in [1.82, 2.24) is 31.1 Å². The number of hydrogen-bond acceptors (Lipinski definition) is 13. The fourth-order valence-electron chi connectivity index (χ4n) is 6.96. The molecule has 0 fully saturated rings. The minimum atomic E-state index is -1.61. The zero-order valence-electron chi connectivity index (χ0n) is 36.0. The van der Waals surface area contributed by atoms with Gasteiger partial charge in [0, 0.05) is 38.1 Å². The lowest BCUT2D eigenvalue weighted by Gasteiger charge is -2.30. The van der Waals surface area contributed by atoms with Gasteiger partial charge in [-0.15, -0.1) is 5.23 Å². The standard InChI is InChI=1S/C42H61N7O13/c1-23(2)13-11-9-7-8-10-12-14-34(52)47(5)32(22-50)40(57)44-24(3)38(55)43-21-35(53)48(6)36-27-15-16-33(51)28(20-27)29-17-26(19-31(37(29)54)49(61)62)18-30(42(59)60)46-39(56)25(4)45-41(36)58/h15-17,19-20,23-25,30,32,36,50-51,54,61-62H,7-14,18,21-22H2,1-6H3,(H,43,55)(H,44,57)(H,45,58)(H,46,56)(H,59,60). The maximum Gasteiger partial charge on any atom is 0.326 e. The third kappa shape index (κ3) is 13.8. The molecule has 5 atom stereocenters. The number of aliphatic carboxylic acids is 1. The number of hydrogen-bond donors (Lipinski definition) is 10. The molecule has 1 aliphatic heterocycles. The molecule has 0 radical (unpaired) electrons. The topological polar surface area (TPSA) is 299 Å². The average molecular weight is 872 g/mol. The number of phenols is 2. The van der Waals surface area contributed by atoms with Crippen LogP contribution in [0.4, 0.5) is 5.69 Å². The molecule has 1 aliphatic rings. The van der Waals surface area contributed by atoms with Crippen molar-refractivity contribution >= 4 is 47.1 Å². The third-order valence-corrected chi connectivity index (χ3v) is 10.8. The van der Waals surface area contributed by atoms with Crippen molar-refractivity contribution in [2.45, 2.75) is 116 Å². The first-order valence-electron chi connectivity index (χ1n) is 20.6. The van der Waals surface area contributed by atoms with Crippen LogP contribution in [0.15, 0.2) is 30.3 Å². The predicted octanol–water partition coefficient (Wildman–Crippen LogP) is 1.70. The number of carboxylic acid groups (broad SMARTS) is 1. The number of carbonyl (C=O) groups excluding carboxylic acids is 6. The summed E-state index contributed by atoms with van der Waals surface area (Å²) in [6.07, 6.45) is 6.78. The van der Waals surface area contributed by atoms with Gasteiger partial charge in [-0.05, 0) is 61.6 Å². The number of amides is 6. The normalized spacial score (nSPS) is 17.4. The molecule has 0 aromatic heterocycles. The van der Waals surface area contributed by atoms with Crippen LogP contribution in [0.1, 0.15) is 96.2 Å². The summed E-state index contributed by atoms with van der Waals surface area (Å²) in [6, 6.07) is -1.15. The number of unbranched alkanes of at least 4 members (excludes halogenated alkanes) is 5. The number of fused-ring (bicyclic) bond motifs is 5. The highest BCUT2D eigenvalue weighted by molar-refractivity contribution is 5.96. The first-order valence-corrected chi connectivity index (χ1v) is 20.6. The maximum atomic E-state index is 13.9. The molecule has 0 aliphatic carbocycles. The number of likely N-dealkylation sites (N-methyl/N-ethyl adjacent to an activating group) is 2. The minimum Gasteiger partial charge on any atom is -0.507 e. The molecule has 6 amide bonds. The monoisotopic (exact) mass is 871 g/mol. The van der Waals surface area contributed by atoms with E-state index in [0.717, 1.165) is 47.6 Å². The van der Waals surface area contributed by atoms with Gasteiger partial charge in [-0.2, -0.15) is 0 Å². The molecule has 4 bridgehead atoms. The van der Waals surface area contributed by atoms with E-state index in [9.17, 15) is 64.4 Å². The summed E-state index contributed by atoms with van der Waals surface area (Å²) >= 11 is 0. The highest BCUT2D eigenvalue weighted by Gasteiger charge is 2.34. The van der Waals surface area contributed by atoms with Gasteiger partial charge in [0.05, 0.1) is 13.2 Å². The molecule has 0 saturated heterocycles. The van der Waals surface area contributed by atoms with Crippen LogP contribution in [0.3, 0.4) is 0 Å². The second-order valence-corrected chi connectivity index (χ2v) is 16.0. The highest BCUT2D eigenvalue weighted by atomic mass is 16.8. The molecule has 62 heavy (non-hydrogen) atoms. The minimum absolute atomic E-state index is 0.0215. The lowest BCUT2D eigenvalue weighted by Crippen LogP contribution is -2.55. The van der Waals surface area contributed by atoms with Crippen molar-refractivity contribution in [3.63, 3.8) is 0 Å². The zero-order chi connectivity index (χ0) is 46.4. The average Bonchev–Trinajstić information content (AvgIpc) is 3.20. The third-order valence-electron chi connectivity index (χ3n) is 10.8. The van der Waals surface area contributed by atoms with Gasteiger partial charge in [0.15, 0.2) is 5.75 Å². The molecule has 0 spiro atoms. The van der Waals surface area contributed by atoms with Gasteiger partial charge in [0.1, 0.15) is 41.6 Å². The summed E-state index contributed by atoms with van der Waals surface area (Å²) < 4.78 is 0. The van der Waals surface area contributed by atoms with E-state index in [1.54, 1.807) is 0 Å². The number of phenolic OH excluding ortho intramolecular Hbond substituents is 2. The number of carboxylic acids is 1. The number of aliphatic hydroxyl groups is 1. The van der Waals surface area contributed by atoms with Crippen molar-refractivity contribution < 1.29 is 64.4 Å². The van der Waals surface area contributed by atoms with E-state index in [-0.39, 0.29) is 34.6 Å². The Bertz CT molecular complexity index is 1940. The Morgan fingerprint density at radius 2 is 1.48 bits per heavy atom. The molecule has 20 heteroatoms. The van der Waals surface area contributed by atoms with Crippen LogP contribution < -0.4 is 26.5 Å². The zero-order valence-corrected chi connectivity index (χ0v) is 36.0. The van der Waals surface area contributed by atoms with Crippen LogP contribution in [0.25, 0.3) is 11.1 Å². The van der Waals surface area contributed by atoms with Crippen LogP contribution in [-0.2, 0) is 40.0 Å². The van der Waals surface area contributed by atoms with E-state index in [2.05, 4.69) is 35.1 Å². The number of anilines is 1. The molecule has 342 valence electrons. The quantitative estimate of drug-likeness (QED) is 0.0711. The van der Waals surface area contributed by atoms with Gasteiger partial charge in [0.2, 0.25) is 35.4 Å².